The summed E-state index contributed by atoms with van der Waals surface area (Å²) in [6.07, 6.45) is 0.893. The maximum Gasteiger partial charge on any atom is 0.324 e. The first-order valence-corrected chi connectivity index (χ1v) is 5.33. The number of nitrogens with one attached hydrogen (secondary N) is 1. The molecule has 1 atom stereocenters. The van der Waals surface area contributed by atoms with Gasteiger partial charge in [-0.2, -0.15) is 9.97 Å². The number of ether oxygens (including phenoxy) is 3. The molecule has 0 fully saturated rings. The second kappa shape index (κ2) is 6.85. The second-order valence-corrected chi connectivity index (χ2v) is 3.34. The zero-order valence-electron chi connectivity index (χ0n) is 10.6. The van der Waals surface area contributed by atoms with Gasteiger partial charge in [-0.25, -0.2) is 0 Å². The maximum absolute atomic E-state index is 5.08. The lowest BCUT2D eigenvalue weighted by Crippen LogP contribution is -2.25. The van der Waals surface area contributed by atoms with Crippen molar-refractivity contribution in [1.29, 1.82) is 0 Å². The van der Waals surface area contributed by atoms with Crippen molar-refractivity contribution in [2.75, 3.05) is 33.3 Å². The molecule has 1 aromatic heterocycles. The molecule has 0 saturated carbocycles. The quantitative estimate of drug-likeness (QED) is 0.754. The smallest absolute Gasteiger partial charge is 0.324 e. The van der Waals surface area contributed by atoms with Gasteiger partial charge in [-0.3, -0.25) is 0 Å². The van der Waals surface area contributed by atoms with E-state index in [4.69, 9.17) is 14.2 Å². The van der Waals surface area contributed by atoms with Crippen LogP contribution in [0.4, 0.5) is 5.95 Å². The van der Waals surface area contributed by atoms with Gasteiger partial charge in [0.25, 0.3) is 0 Å². The highest BCUT2D eigenvalue weighted by Crippen LogP contribution is 2.13. The molecule has 0 aromatic carbocycles. The van der Waals surface area contributed by atoms with Gasteiger partial charge in [0.15, 0.2) is 0 Å². The Kier molecular flexibility index (Phi) is 5.41. The van der Waals surface area contributed by atoms with Crippen LogP contribution in [-0.2, 0) is 4.74 Å². The van der Waals surface area contributed by atoms with Gasteiger partial charge in [-0.1, -0.05) is 6.92 Å². The molecular formula is C10H18N4O3. The molecule has 1 heterocycles. The number of methoxy groups -OCH3 is 3. The molecule has 96 valence electrons. The Bertz CT molecular complexity index is 326. The number of hydrogen-bond acceptors (Lipinski definition) is 7. The third kappa shape index (κ3) is 4.03. The van der Waals surface area contributed by atoms with E-state index >= 15 is 0 Å². The fourth-order valence-electron chi connectivity index (χ4n) is 1.23. The zero-order chi connectivity index (χ0) is 12.7. The predicted molar refractivity (Wildman–Crippen MR) is 62.5 cm³/mol. The van der Waals surface area contributed by atoms with E-state index < -0.39 is 0 Å². The van der Waals surface area contributed by atoms with Crippen LogP contribution in [0.25, 0.3) is 0 Å². The summed E-state index contributed by atoms with van der Waals surface area (Å²) in [7, 11) is 4.63. The number of nitrogens with zero attached hydrogens (tertiary/aromatic N) is 3. The molecule has 17 heavy (non-hydrogen) atoms. The van der Waals surface area contributed by atoms with Crippen LogP contribution >= 0.6 is 0 Å². The summed E-state index contributed by atoms with van der Waals surface area (Å²) in [5.41, 5.74) is 0. The third-order valence-electron chi connectivity index (χ3n) is 2.15. The van der Waals surface area contributed by atoms with E-state index in [1.54, 1.807) is 7.11 Å². The molecular weight excluding hydrogens is 224 g/mol. The monoisotopic (exact) mass is 242 g/mol. The lowest BCUT2D eigenvalue weighted by Gasteiger charge is -2.16. The van der Waals surface area contributed by atoms with Crippen molar-refractivity contribution in [2.45, 2.75) is 19.4 Å². The van der Waals surface area contributed by atoms with Gasteiger partial charge in [0.05, 0.1) is 26.9 Å². The van der Waals surface area contributed by atoms with Gasteiger partial charge in [-0.05, 0) is 6.42 Å². The first kappa shape index (κ1) is 13.4. The summed E-state index contributed by atoms with van der Waals surface area (Å²) in [5, 5.41) is 3.13. The molecule has 1 aromatic rings. The van der Waals surface area contributed by atoms with Crippen LogP contribution in [-0.4, -0.2) is 48.9 Å². The predicted octanol–water partition coefficient (Wildman–Crippen LogP) is 0.726. The Labute approximate surface area is 101 Å². The van der Waals surface area contributed by atoms with Crippen LogP contribution in [0.2, 0.25) is 0 Å². The summed E-state index contributed by atoms with van der Waals surface area (Å²) >= 11 is 0. The van der Waals surface area contributed by atoms with Crippen molar-refractivity contribution in [3.8, 4) is 12.0 Å². The fourth-order valence-corrected chi connectivity index (χ4v) is 1.23. The highest BCUT2D eigenvalue weighted by Gasteiger charge is 2.11. The lowest BCUT2D eigenvalue weighted by molar-refractivity contribution is 0.184. The number of anilines is 1. The van der Waals surface area contributed by atoms with Gasteiger partial charge >= 0.3 is 12.0 Å². The first-order chi connectivity index (χ1) is 8.23. The van der Waals surface area contributed by atoms with Crippen LogP contribution < -0.4 is 14.8 Å². The minimum atomic E-state index is 0.136. The highest BCUT2D eigenvalue weighted by molar-refractivity contribution is 5.28. The molecule has 0 aliphatic rings. The summed E-state index contributed by atoms with van der Waals surface area (Å²) in [5.74, 6) is 0.414. The zero-order valence-corrected chi connectivity index (χ0v) is 10.6. The molecule has 0 aliphatic heterocycles. The molecule has 0 spiro atoms. The third-order valence-corrected chi connectivity index (χ3v) is 2.15. The summed E-state index contributed by atoms with van der Waals surface area (Å²) < 4.78 is 15.0. The molecule has 1 unspecified atom stereocenters. The van der Waals surface area contributed by atoms with Crippen LogP contribution in [0.3, 0.4) is 0 Å². The Hall–Kier alpha value is -1.63. The standard InChI is InChI=1S/C10H18N4O3/c1-5-7(6-15-2)11-8-12-9(16-3)14-10(13-8)17-4/h7H,5-6H2,1-4H3,(H,11,12,13,14). The van der Waals surface area contributed by atoms with E-state index in [-0.39, 0.29) is 18.1 Å². The molecule has 0 bridgehead atoms. The van der Waals surface area contributed by atoms with Crippen molar-refractivity contribution >= 4 is 5.95 Å². The normalized spacial score (nSPS) is 12.0. The Morgan fingerprint density at radius 3 is 2.06 bits per heavy atom. The first-order valence-electron chi connectivity index (χ1n) is 5.33. The van der Waals surface area contributed by atoms with E-state index in [0.717, 1.165) is 6.42 Å². The summed E-state index contributed by atoms with van der Waals surface area (Å²) in [6.45, 7) is 2.62. The van der Waals surface area contributed by atoms with Crippen LogP contribution in [0, 0.1) is 0 Å². The van der Waals surface area contributed by atoms with E-state index in [1.165, 1.54) is 14.2 Å². The SMILES string of the molecule is CCC(COC)Nc1nc(OC)nc(OC)n1. The number of rotatable bonds is 7. The summed E-state index contributed by atoms with van der Waals surface area (Å²) in [4.78, 5) is 12.1. The Balaban J connectivity index is 2.81. The minimum absolute atomic E-state index is 0.136. The number of aromatic nitrogens is 3. The van der Waals surface area contributed by atoms with Gasteiger partial charge in [0.1, 0.15) is 0 Å². The fraction of sp³-hybridized carbons (Fsp3) is 0.700. The minimum Gasteiger partial charge on any atom is -0.467 e. The van der Waals surface area contributed by atoms with Gasteiger partial charge < -0.3 is 19.5 Å². The van der Waals surface area contributed by atoms with Crippen LogP contribution in [0.15, 0.2) is 0 Å². The van der Waals surface area contributed by atoms with Crippen molar-refractivity contribution in [3.05, 3.63) is 0 Å². The molecule has 0 aliphatic carbocycles. The van der Waals surface area contributed by atoms with Crippen LogP contribution in [0.5, 0.6) is 12.0 Å². The van der Waals surface area contributed by atoms with E-state index in [1.807, 2.05) is 6.92 Å². The average Bonchev–Trinajstić information content (AvgIpc) is 2.37. The van der Waals surface area contributed by atoms with Gasteiger partial charge in [-0.15, -0.1) is 4.98 Å². The van der Waals surface area contributed by atoms with E-state index in [0.29, 0.717) is 12.6 Å². The number of hydrogen-bond donors (Lipinski definition) is 1. The Morgan fingerprint density at radius 2 is 1.65 bits per heavy atom. The maximum atomic E-state index is 5.08. The molecule has 0 saturated heterocycles. The summed E-state index contributed by atoms with van der Waals surface area (Å²) in [6, 6.07) is 0.565. The topological polar surface area (TPSA) is 78.4 Å². The van der Waals surface area contributed by atoms with Gasteiger partial charge in [0.2, 0.25) is 5.95 Å². The molecule has 1 rings (SSSR count). The van der Waals surface area contributed by atoms with Crippen LogP contribution in [0.1, 0.15) is 13.3 Å². The van der Waals surface area contributed by atoms with Crippen molar-refractivity contribution in [3.63, 3.8) is 0 Å². The molecule has 7 heteroatoms. The van der Waals surface area contributed by atoms with Crippen molar-refractivity contribution in [1.82, 2.24) is 15.0 Å². The van der Waals surface area contributed by atoms with E-state index in [9.17, 15) is 0 Å². The molecule has 7 nitrogen and oxygen atoms in total. The molecule has 1 N–H and O–H groups in total. The van der Waals surface area contributed by atoms with Gasteiger partial charge in [0, 0.05) is 7.11 Å². The lowest BCUT2D eigenvalue weighted by atomic mass is 10.2. The average molecular weight is 242 g/mol. The van der Waals surface area contributed by atoms with Crippen molar-refractivity contribution < 1.29 is 14.2 Å². The molecule has 0 radical (unpaired) electrons. The highest BCUT2D eigenvalue weighted by atomic mass is 16.5. The van der Waals surface area contributed by atoms with E-state index in [2.05, 4.69) is 20.3 Å². The van der Waals surface area contributed by atoms with Crippen molar-refractivity contribution in [2.24, 2.45) is 0 Å². The Morgan fingerprint density at radius 1 is 1.06 bits per heavy atom. The second-order valence-electron chi connectivity index (χ2n) is 3.34. The molecule has 0 amide bonds. The largest absolute Gasteiger partial charge is 0.467 e.